The van der Waals surface area contributed by atoms with Crippen molar-refractivity contribution in [2.45, 2.75) is 20.3 Å². The predicted octanol–water partition coefficient (Wildman–Crippen LogP) is 2.23. The third-order valence-electron chi connectivity index (χ3n) is 4.17. The molecule has 0 saturated carbocycles. The highest BCUT2D eigenvalue weighted by atomic mass is 16.5. The number of hydrogen-bond donors (Lipinski definition) is 1. The van der Waals surface area contributed by atoms with Crippen LogP contribution in [0.15, 0.2) is 29.5 Å². The number of carbonyl (C=O) groups excluding carboxylic acids is 1. The Bertz CT molecular complexity index is 615. The molecule has 0 amide bonds. The predicted molar refractivity (Wildman–Crippen MR) is 89.2 cm³/mol. The van der Waals surface area contributed by atoms with Crippen LogP contribution >= 0.6 is 0 Å². The maximum Gasteiger partial charge on any atom is 0.235 e. The van der Waals surface area contributed by atoms with E-state index in [0.717, 1.165) is 44.7 Å². The smallest absolute Gasteiger partial charge is 0.235 e. The van der Waals surface area contributed by atoms with Gasteiger partial charge < -0.3 is 19.7 Å². The number of benzene rings is 1. The van der Waals surface area contributed by atoms with Gasteiger partial charge in [0.2, 0.25) is 5.78 Å². The Morgan fingerprint density at radius 3 is 2.83 bits per heavy atom. The molecule has 1 N–H and O–H groups in total. The van der Waals surface area contributed by atoms with Gasteiger partial charge in [0.05, 0.1) is 6.61 Å². The number of rotatable bonds is 5. The van der Waals surface area contributed by atoms with Gasteiger partial charge in [0, 0.05) is 32.7 Å². The quantitative estimate of drug-likeness (QED) is 0.667. The zero-order valence-electron chi connectivity index (χ0n) is 13.9. The molecule has 0 radical (unpaired) electrons. The molecule has 3 rings (SSSR count). The van der Waals surface area contributed by atoms with E-state index in [1.807, 2.05) is 32.0 Å². The van der Waals surface area contributed by atoms with Gasteiger partial charge in [-0.25, -0.2) is 0 Å². The Morgan fingerprint density at radius 2 is 2.09 bits per heavy atom. The van der Waals surface area contributed by atoms with Crippen molar-refractivity contribution >= 4 is 5.78 Å². The summed E-state index contributed by atoms with van der Waals surface area (Å²) in [5.74, 6) is 1.59. The van der Waals surface area contributed by atoms with Crippen LogP contribution in [0.3, 0.4) is 0 Å². The van der Waals surface area contributed by atoms with E-state index in [-0.39, 0.29) is 5.78 Å². The maximum atomic E-state index is 12.5. The molecule has 2 aliphatic rings. The van der Waals surface area contributed by atoms with E-state index in [2.05, 4.69) is 10.2 Å². The summed E-state index contributed by atoms with van der Waals surface area (Å²) in [5.41, 5.74) is 1.45. The van der Waals surface area contributed by atoms with Crippen molar-refractivity contribution < 1.29 is 14.3 Å². The van der Waals surface area contributed by atoms with Crippen LogP contribution in [0.4, 0.5) is 0 Å². The van der Waals surface area contributed by atoms with E-state index in [1.165, 1.54) is 0 Å². The fourth-order valence-electron chi connectivity index (χ4n) is 2.94. The Hall–Kier alpha value is -1.85. The number of carbonyl (C=O) groups is 1. The van der Waals surface area contributed by atoms with Gasteiger partial charge in [-0.05, 0) is 38.0 Å². The molecule has 124 valence electrons. The molecule has 0 unspecified atom stereocenters. The van der Waals surface area contributed by atoms with Gasteiger partial charge in [-0.3, -0.25) is 4.79 Å². The number of nitrogens with zero attached hydrogens (tertiary/aromatic N) is 1. The molecule has 0 aliphatic carbocycles. The summed E-state index contributed by atoms with van der Waals surface area (Å²) in [6.07, 6.45) is 0.953. The minimum atomic E-state index is -0.0716. The molecule has 1 aromatic rings. The number of Topliss-reactive ketones (excluding diaryl/α,β-unsaturated/α-hetero) is 1. The molecule has 0 atom stereocenters. The van der Waals surface area contributed by atoms with Gasteiger partial charge in [0.1, 0.15) is 17.1 Å². The normalized spacial score (nSPS) is 17.8. The van der Waals surface area contributed by atoms with Crippen molar-refractivity contribution in [3.8, 4) is 11.5 Å². The first-order valence-electron chi connectivity index (χ1n) is 8.25. The van der Waals surface area contributed by atoms with Crippen molar-refractivity contribution in [3.05, 3.63) is 35.1 Å². The van der Waals surface area contributed by atoms with Crippen LogP contribution in [-0.4, -0.2) is 50.0 Å². The van der Waals surface area contributed by atoms with Crippen LogP contribution < -0.4 is 14.8 Å². The molecule has 1 aromatic carbocycles. The lowest BCUT2D eigenvalue weighted by Crippen LogP contribution is -2.43. The highest BCUT2D eigenvalue weighted by molar-refractivity contribution is 6.14. The van der Waals surface area contributed by atoms with Gasteiger partial charge in [-0.2, -0.15) is 0 Å². The Labute approximate surface area is 137 Å². The summed E-state index contributed by atoms with van der Waals surface area (Å²) in [6.45, 7) is 9.71. The molecule has 2 heterocycles. The molecule has 0 spiro atoms. The van der Waals surface area contributed by atoms with Crippen LogP contribution in [0.2, 0.25) is 0 Å². The first-order valence-corrected chi connectivity index (χ1v) is 8.25. The van der Waals surface area contributed by atoms with Crippen LogP contribution in [0, 0.1) is 0 Å². The molecule has 0 bridgehead atoms. The van der Waals surface area contributed by atoms with Crippen LogP contribution in [0.5, 0.6) is 11.5 Å². The van der Waals surface area contributed by atoms with E-state index in [1.54, 1.807) is 0 Å². The number of allylic oxidation sites excluding steroid dienone is 2. The highest BCUT2D eigenvalue weighted by Crippen LogP contribution is 2.38. The Morgan fingerprint density at radius 1 is 1.30 bits per heavy atom. The number of piperazine rings is 1. The van der Waals surface area contributed by atoms with Gasteiger partial charge in [-0.1, -0.05) is 6.07 Å². The average Bonchev–Trinajstić information content (AvgIpc) is 2.91. The fraction of sp³-hybridized carbons (Fsp3) is 0.500. The van der Waals surface area contributed by atoms with E-state index in [9.17, 15) is 4.79 Å². The van der Waals surface area contributed by atoms with Crippen molar-refractivity contribution in [1.82, 2.24) is 10.2 Å². The van der Waals surface area contributed by atoms with Crippen molar-refractivity contribution in [1.29, 1.82) is 0 Å². The average molecular weight is 316 g/mol. The van der Waals surface area contributed by atoms with Crippen LogP contribution in [0.25, 0.3) is 0 Å². The zero-order chi connectivity index (χ0) is 16.2. The van der Waals surface area contributed by atoms with E-state index >= 15 is 0 Å². The SMILES string of the molecule is CC(C)=C1Oc2cccc(OCCCN3CCNCC3)c2C1=O. The number of fused-ring (bicyclic) bond motifs is 1. The second kappa shape index (κ2) is 7.15. The van der Waals surface area contributed by atoms with Crippen molar-refractivity contribution in [3.63, 3.8) is 0 Å². The fourth-order valence-corrected chi connectivity index (χ4v) is 2.94. The minimum absolute atomic E-state index is 0.0716. The van der Waals surface area contributed by atoms with E-state index < -0.39 is 0 Å². The summed E-state index contributed by atoms with van der Waals surface area (Å²) in [7, 11) is 0. The molecule has 1 saturated heterocycles. The maximum absolute atomic E-state index is 12.5. The number of nitrogens with one attached hydrogen (secondary N) is 1. The molecule has 5 heteroatoms. The lowest BCUT2D eigenvalue weighted by molar-refractivity contribution is 0.101. The van der Waals surface area contributed by atoms with Crippen LogP contribution in [0.1, 0.15) is 30.6 Å². The first-order chi connectivity index (χ1) is 11.2. The standard InChI is InChI=1S/C18H24N2O3/c1-13(2)18-17(21)16-14(5-3-6-15(16)23-18)22-12-4-9-20-10-7-19-8-11-20/h3,5-6,19H,4,7-12H2,1-2H3. The minimum Gasteiger partial charge on any atom is -0.493 e. The third kappa shape index (κ3) is 3.57. The second-order valence-corrected chi connectivity index (χ2v) is 6.18. The zero-order valence-corrected chi connectivity index (χ0v) is 13.9. The monoisotopic (exact) mass is 316 g/mol. The lowest BCUT2D eigenvalue weighted by Gasteiger charge is -2.27. The number of ketones is 1. The summed E-state index contributed by atoms with van der Waals surface area (Å²) in [4.78, 5) is 14.9. The van der Waals surface area contributed by atoms with Crippen molar-refractivity contribution in [2.24, 2.45) is 0 Å². The molecular weight excluding hydrogens is 292 g/mol. The lowest BCUT2D eigenvalue weighted by atomic mass is 10.1. The van der Waals surface area contributed by atoms with E-state index in [0.29, 0.717) is 29.4 Å². The molecular formula is C18H24N2O3. The molecule has 1 fully saturated rings. The van der Waals surface area contributed by atoms with Crippen molar-refractivity contribution in [2.75, 3.05) is 39.3 Å². The molecule has 0 aromatic heterocycles. The number of hydrogen-bond acceptors (Lipinski definition) is 5. The molecule has 5 nitrogen and oxygen atoms in total. The van der Waals surface area contributed by atoms with Gasteiger partial charge >= 0.3 is 0 Å². The van der Waals surface area contributed by atoms with Gasteiger partial charge in [0.25, 0.3) is 0 Å². The van der Waals surface area contributed by atoms with Gasteiger partial charge in [0.15, 0.2) is 5.76 Å². The first kappa shape index (κ1) is 16.0. The Balaban J connectivity index is 1.59. The van der Waals surface area contributed by atoms with E-state index in [4.69, 9.17) is 9.47 Å². The molecule has 23 heavy (non-hydrogen) atoms. The van der Waals surface area contributed by atoms with Crippen LogP contribution in [-0.2, 0) is 0 Å². The molecule has 2 aliphatic heterocycles. The largest absolute Gasteiger partial charge is 0.493 e. The third-order valence-corrected chi connectivity index (χ3v) is 4.17. The highest BCUT2D eigenvalue weighted by Gasteiger charge is 2.31. The second-order valence-electron chi connectivity index (χ2n) is 6.18. The summed E-state index contributed by atoms with van der Waals surface area (Å²) in [5, 5.41) is 3.35. The van der Waals surface area contributed by atoms with Gasteiger partial charge in [-0.15, -0.1) is 0 Å². The number of ether oxygens (including phenoxy) is 2. The summed E-state index contributed by atoms with van der Waals surface area (Å²) < 4.78 is 11.5. The summed E-state index contributed by atoms with van der Waals surface area (Å²) >= 11 is 0. The summed E-state index contributed by atoms with van der Waals surface area (Å²) in [6, 6.07) is 5.53. The topological polar surface area (TPSA) is 50.8 Å². The Kier molecular flexibility index (Phi) is 4.98.